The van der Waals surface area contributed by atoms with E-state index in [1.165, 1.54) is 0 Å². The second-order valence-corrected chi connectivity index (χ2v) is 4.18. The molecule has 2 atom stereocenters. The molecule has 2 aliphatic rings. The third-order valence-corrected chi connectivity index (χ3v) is 3.01. The van der Waals surface area contributed by atoms with Gasteiger partial charge in [0.1, 0.15) is 6.04 Å². The molecule has 4 N–H and O–H groups in total. The smallest absolute Gasteiger partial charge is 0.253 e. The van der Waals surface area contributed by atoms with Crippen LogP contribution < -0.4 is 16.5 Å². The fourth-order valence-electron chi connectivity index (χ4n) is 2.11. The SMILES string of the molecule is CCCCCN1/C(=N\N)NC(=O)C2NC=NC21. The molecule has 2 heterocycles. The summed E-state index contributed by atoms with van der Waals surface area (Å²) in [6.45, 7) is 2.94. The van der Waals surface area contributed by atoms with E-state index >= 15 is 0 Å². The van der Waals surface area contributed by atoms with Gasteiger partial charge >= 0.3 is 0 Å². The van der Waals surface area contributed by atoms with Gasteiger partial charge in [0.25, 0.3) is 5.91 Å². The van der Waals surface area contributed by atoms with E-state index in [-0.39, 0.29) is 18.1 Å². The molecule has 2 unspecified atom stereocenters. The molecule has 7 heteroatoms. The first-order chi connectivity index (χ1) is 8.27. The van der Waals surface area contributed by atoms with Crippen LogP contribution in [0.15, 0.2) is 10.1 Å². The quantitative estimate of drug-likeness (QED) is 0.338. The Bertz CT molecular complexity index is 353. The van der Waals surface area contributed by atoms with Crippen molar-refractivity contribution in [1.82, 2.24) is 15.5 Å². The molecule has 0 radical (unpaired) electrons. The summed E-state index contributed by atoms with van der Waals surface area (Å²) in [5.41, 5.74) is 0. The van der Waals surface area contributed by atoms with E-state index in [4.69, 9.17) is 5.84 Å². The fraction of sp³-hybridized carbons (Fsp3) is 0.700. The van der Waals surface area contributed by atoms with Gasteiger partial charge < -0.3 is 16.1 Å². The minimum absolute atomic E-state index is 0.136. The van der Waals surface area contributed by atoms with Gasteiger partial charge in [-0.05, 0) is 6.42 Å². The summed E-state index contributed by atoms with van der Waals surface area (Å²) in [5, 5.41) is 9.24. The lowest BCUT2D eigenvalue weighted by atomic mass is 10.1. The average molecular weight is 238 g/mol. The first-order valence-corrected chi connectivity index (χ1v) is 5.91. The molecule has 2 rings (SSSR count). The van der Waals surface area contributed by atoms with Crippen LogP contribution in [0.5, 0.6) is 0 Å². The molecule has 7 nitrogen and oxygen atoms in total. The fourth-order valence-corrected chi connectivity index (χ4v) is 2.11. The van der Waals surface area contributed by atoms with Crippen LogP contribution in [-0.2, 0) is 4.79 Å². The monoisotopic (exact) mass is 238 g/mol. The largest absolute Gasteiger partial charge is 0.362 e. The van der Waals surface area contributed by atoms with Crippen LogP contribution in [0.4, 0.5) is 0 Å². The highest BCUT2D eigenvalue weighted by Crippen LogP contribution is 2.16. The molecule has 2 aliphatic heterocycles. The number of nitrogens with one attached hydrogen (secondary N) is 2. The highest BCUT2D eigenvalue weighted by Gasteiger charge is 2.41. The highest BCUT2D eigenvalue weighted by molar-refractivity contribution is 6.03. The molecular formula is C10H18N6O. The zero-order chi connectivity index (χ0) is 12.3. The number of guanidine groups is 1. The number of unbranched alkanes of at least 4 members (excludes halogenated alkanes) is 2. The lowest BCUT2D eigenvalue weighted by molar-refractivity contribution is -0.123. The van der Waals surface area contributed by atoms with Gasteiger partial charge in [-0.1, -0.05) is 19.8 Å². The molecule has 94 valence electrons. The third-order valence-electron chi connectivity index (χ3n) is 3.01. The molecular weight excluding hydrogens is 220 g/mol. The predicted molar refractivity (Wildman–Crippen MR) is 65.2 cm³/mol. The summed E-state index contributed by atoms with van der Waals surface area (Å²) in [4.78, 5) is 17.9. The van der Waals surface area contributed by atoms with E-state index in [1.54, 1.807) is 6.34 Å². The number of carbonyl (C=O) groups excluding carboxylic acids is 1. The van der Waals surface area contributed by atoms with Crippen molar-refractivity contribution >= 4 is 18.2 Å². The van der Waals surface area contributed by atoms with Gasteiger partial charge in [0.05, 0.1) is 6.34 Å². The molecule has 1 amide bonds. The second kappa shape index (κ2) is 5.03. The summed E-state index contributed by atoms with van der Waals surface area (Å²) in [6.07, 6.45) is 4.66. The first-order valence-electron chi connectivity index (χ1n) is 5.91. The third kappa shape index (κ3) is 2.17. The van der Waals surface area contributed by atoms with Crippen molar-refractivity contribution in [1.29, 1.82) is 0 Å². The van der Waals surface area contributed by atoms with Crippen molar-refractivity contribution in [2.45, 2.75) is 38.4 Å². The molecule has 0 aromatic heterocycles. The van der Waals surface area contributed by atoms with Crippen LogP contribution in [0, 0.1) is 0 Å². The summed E-state index contributed by atoms with van der Waals surface area (Å²) < 4.78 is 0. The lowest BCUT2D eigenvalue weighted by Gasteiger charge is -2.37. The van der Waals surface area contributed by atoms with Crippen molar-refractivity contribution in [3.05, 3.63) is 0 Å². The Morgan fingerprint density at radius 1 is 1.59 bits per heavy atom. The van der Waals surface area contributed by atoms with E-state index in [1.807, 2.05) is 4.90 Å². The van der Waals surface area contributed by atoms with E-state index in [2.05, 4.69) is 27.7 Å². The van der Waals surface area contributed by atoms with Crippen LogP contribution in [0.2, 0.25) is 0 Å². The second-order valence-electron chi connectivity index (χ2n) is 4.18. The maximum Gasteiger partial charge on any atom is 0.253 e. The van der Waals surface area contributed by atoms with Crippen molar-refractivity contribution in [2.24, 2.45) is 15.9 Å². The van der Waals surface area contributed by atoms with Gasteiger partial charge in [-0.15, -0.1) is 5.10 Å². The van der Waals surface area contributed by atoms with Crippen molar-refractivity contribution < 1.29 is 4.79 Å². The molecule has 0 bridgehead atoms. The van der Waals surface area contributed by atoms with Crippen LogP contribution in [0.3, 0.4) is 0 Å². The highest BCUT2D eigenvalue weighted by atomic mass is 16.2. The number of fused-ring (bicyclic) bond motifs is 1. The summed E-state index contributed by atoms with van der Waals surface area (Å²) in [7, 11) is 0. The van der Waals surface area contributed by atoms with E-state index < -0.39 is 0 Å². The average Bonchev–Trinajstić information content (AvgIpc) is 2.81. The number of nitrogens with two attached hydrogens (primary N) is 1. The van der Waals surface area contributed by atoms with Crippen LogP contribution >= 0.6 is 0 Å². The number of rotatable bonds is 4. The number of nitrogens with zero attached hydrogens (tertiary/aromatic N) is 3. The standard InChI is InChI=1S/C10H18N6O/c1-2-3-4-5-16-8-7(12-6-13-8)9(17)14-10(16)15-11/h6-8H,2-5,11H2,1H3,(H,12,13)(H,14,15,17). The normalized spacial score (nSPS) is 29.1. The molecule has 0 aliphatic carbocycles. The Morgan fingerprint density at radius 3 is 3.12 bits per heavy atom. The van der Waals surface area contributed by atoms with Crippen molar-refractivity contribution in [3.8, 4) is 0 Å². The molecule has 1 fully saturated rings. The Labute approximate surface area is 100 Å². The van der Waals surface area contributed by atoms with Gasteiger partial charge in [0.2, 0.25) is 5.96 Å². The molecule has 0 aromatic carbocycles. The number of hydrazone groups is 1. The molecule has 17 heavy (non-hydrogen) atoms. The number of aliphatic imine (C=N–C) groups is 1. The molecule has 1 saturated heterocycles. The summed E-state index contributed by atoms with van der Waals surface area (Å²) in [5.74, 6) is 5.58. The van der Waals surface area contributed by atoms with E-state index in [0.29, 0.717) is 5.96 Å². The Hall–Kier alpha value is -1.79. The Balaban J connectivity index is 2.08. The summed E-state index contributed by atoms with van der Waals surface area (Å²) in [6, 6.07) is -0.331. The molecule has 0 aromatic rings. The lowest BCUT2D eigenvalue weighted by Crippen LogP contribution is -2.64. The molecule has 0 spiro atoms. The molecule has 0 saturated carbocycles. The number of hydrogen-bond acceptors (Lipinski definition) is 5. The van der Waals surface area contributed by atoms with E-state index in [9.17, 15) is 4.79 Å². The number of amides is 1. The zero-order valence-electron chi connectivity index (χ0n) is 9.89. The maximum absolute atomic E-state index is 11.7. The zero-order valence-corrected chi connectivity index (χ0v) is 9.89. The first kappa shape index (κ1) is 11.7. The number of hydrogen-bond donors (Lipinski definition) is 3. The van der Waals surface area contributed by atoms with Gasteiger partial charge in [-0.3, -0.25) is 10.1 Å². The van der Waals surface area contributed by atoms with Crippen molar-refractivity contribution in [3.63, 3.8) is 0 Å². The predicted octanol–water partition coefficient (Wildman–Crippen LogP) is -0.836. The topological polar surface area (TPSA) is 95.1 Å². The van der Waals surface area contributed by atoms with Crippen LogP contribution in [0.1, 0.15) is 26.2 Å². The van der Waals surface area contributed by atoms with Crippen molar-refractivity contribution in [2.75, 3.05) is 6.54 Å². The van der Waals surface area contributed by atoms with Crippen LogP contribution in [-0.4, -0.2) is 41.9 Å². The minimum atomic E-state index is -0.331. The summed E-state index contributed by atoms with van der Waals surface area (Å²) >= 11 is 0. The Kier molecular flexibility index (Phi) is 3.46. The van der Waals surface area contributed by atoms with Gasteiger partial charge in [0.15, 0.2) is 6.17 Å². The van der Waals surface area contributed by atoms with Crippen LogP contribution in [0.25, 0.3) is 0 Å². The van der Waals surface area contributed by atoms with Gasteiger partial charge in [-0.25, -0.2) is 4.99 Å². The van der Waals surface area contributed by atoms with Gasteiger partial charge in [0, 0.05) is 6.54 Å². The van der Waals surface area contributed by atoms with Gasteiger partial charge in [-0.2, -0.15) is 0 Å². The van der Waals surface area contributed by atoms with E-state index in [0.717, 1.165) is 25.8 Å². The number of carbonyl (C=O) groups is 1. The Morgan fingerprint density at radius 2 is 2.41 bits per heavy atom. The maximum atomic E-state index is 11.7. The minimum Gasteiger partial charge on any atom is -0.362 e.